The molecule has 0 bridgehead atoms. The third kappa shape index (κ3) is 35.4. The van der Waals surface area contributed by atoms with Crippen LogP contribution in [0, 0.1) is 0 Å². The van der Waals surface area contributed by atoms with Crippen molar-refractivity contribution >= 4 is 19.5 Å². The molecule has 0 N–H and O–H groups in total. The Morgan fingerprint density at radius 3 is 1.45 bits per heavy atom. The molecule has 1 aliphatic heterocycles. The first-order valence-electron chi connectivity index (χ1n) is 23.1. The van der Waals surface area contributed by atoms with Gasteiger partial charge in [-0.3, -0.25) is 14.2 Å². The SMILES string of the molecule is CCCCCCCC/C=C\CCCCCCCC(=O)OCC(COP(C)(=O)OCCN1CCCC1)OC(=O)CCCCCCC/C=C\CCCCCCCC. The van der Waals surface area contributed by atoms with E-state index >= 15 is 0 Å². The monoisotopic (exact) mass is 796 g/mol. The molecule has 9 heteroatoms. The number of hydrogen-bond donors (Lipinski definition) is 0. The summed E-state index contributed by atoms with van der Waals surface area (Å²) in [5.41, 5.74) is 0. The second-order valence-corrected chi connectivity index (χ2v) is 18.0. The maximum atomic E-state index is 13.0. The van der Waals surface area contributed by atoms with Crippen molar-refractivity contribution in [2.24, 2.45) is 0 Å². The molecule has 0 aromatic carbocycles. The van der Waals surface area contributed by atoms with Crippen LogP contribution >= 0.6 is 7.60 Å². The van der Waals surface area contributed by atoms with Crippen LogP contribution in [0.4, 0.5) is 0 Å². The minimum Gasteiger partial charge on any atom is -0.462 e. The summed E-state index contributed by atoms with van der Waals surface area (Å²) >= 11 is 0. The van der Waals surface area contributed by atoms with E-state index in [9.17, 15) is 14.2 Å². The maximum Gasteiger partial charge on any atom is 0.327 e. The zero-order chi connectivity index (χ0) is 39.9. The molecule has 8 nitrogen and oxygen atoms in total. The Morgan fingerprint density at radius 1 is 0.564 bits per heavy atom. The van der Waals surface area contributed by atoms with Gasteiger partial charge in [-0.2, -0.15) is 0 Å². The zero-order valence-corrected chi connectivity index (χ0v) is 37.0. The lowest BCUT2D eigenvalue weighted by atomic mass is 10.1. The van der Waals surface area contributed by atoms with Gasteiger partial charge in [0.15, 0.2) is 6.10 Å². The summed E-state index contributed by atoms with van der Waals surface area (Å²) in [5.74, 6) is -0.655. The smallest absolute Gasteiger partial charge is 0.327 e. The highest BCUT2D eigenvalue weighted by molar-refractivity contribution is 7.52. The molecule has 0 aliphatic carbocycles. The summed E-state index contributed by atoms with van der Waals surface area (Å²) in [6, 6.07) is 0. The van der Waals surface area contributed by atoms with Crippen molar-refractivity contribution in [3.05, 3.63) is 24.3 Å². The number of ether oxygens (including phenoxy) is 2. The molecule has 2 atom stereocenters. The molecule has 322 valence electrons. The minimum atomic E-state index is -3.36. The molecule has 55 heavy (non-hydrogen) atoms. The number of unbranched alkanes of at least 4 members (excludes halogenated alkanes) is 22. The van der Waals surface area contributed by atoms with Crippen molar-refractivity contribution in [3.8, 4) is 0 Å². The van der Waals surface area contributed by atoms with Gasteiger partial charge in [0.2, 0.25) is 0 Å². The van der Waals surface area contributed by atoms with Crippen molar-refractivity contribution in [1.29, 1.82) is 0 Å². The van der Waals surface area contributed by atoms with E-state index in [4.69, 9.17) is 18.5 Å². The van der Waals surface area contributed by atoms with E-state index < -0.39 is 13.7 Å². The van der Waals surface area contributed by atoms with Gasteiger partial charge in [0.05, 0.1) is 13.2 Å². The molecule has 0 radical (unpaired) electrons. The van der Waals surface area contributed by atoms with Crippen LogP contribution in [0.5, 0.6) is 0 Å². The molecule has 1 heterocycles. The Kier molecular flexibility index (Phi) is 35.7. The van der Waals surface area contributed by atoms with Gasteiger partial charge in [-0.1, -0.05) is 141 Å². The van der Waals surface area contributed by atoms with Crippen molar-refractivity contribution < 1.29 is 32.7 Å². The Labute approximate surface area is 339 Å². The molecular weight excluding hydrogens is 709 g/mol. The number of hydrogen-bond acceptors (Lipinski definition) is 8. The summed E-state index contributed by atoms with van der Waals surface area (Å²) in [6.45, 7) is 8.81. The average molecular weight is 796 g/mol. The van der Waals surface area contributed by atoms with E-state index in [0.717, 1.165) is 70.9 Å². The van der Waals surface area contributed by atoms with Crippen LogP contribution < -0.4 is 0 Å². The second kappa shape index (κ2) is 38.1. The largest absolute Gasteiger partial charge is 0.462 e. The van der Waals surface area contributed by atoms with Gasteiger partial charge in [-0.15, -0.1) is 0 Å². The van der Waals surface area contributed by atoms with Crippen LogP contribution in [0.2, 0.25) is 0 Å². The first kappa shape index (κ1) is 51.5. The van der Waals surface area contributed by atoms with Gasteiger partial charge in [-0.25, -0.2) is 0 Å². The van der Waals surface area contributed by atoms with Crippen molar-refractivity contribution in [2.45, 2.75) is 213 Å². The summed E-state index contributed by atoms with van der Waals surface area (Å²) < 4.78 is 35.5. The van der Waals surface area contributed by atoms with E-state index in [1.54, 1.807) is 0 Å². The van der Waals surface area contributed by atoms with E-state index in [1.165, 1.54) is 129 Å². The van der Waals surface area contributed by atoms with Crippen LogP contribution in [-0.4, -0.2) is 69.1 Å². The quantitative estimate of drug-likeness (QED) is 0.0262. The molecule has 0 aromatic heterocycles. The number of likely N-dealkylation sites (tertiary alicyclic amines) is 1. The maximum absolute atomic E-state index is 13.0. The number of rotatable bonds is 40. The number of esters is 2. The minimum absolute atomic E-state index is 0.115. The number of carbonyl (C=O) groups excluding carboxylic acids is 2. The topological polar surface area (TPSA) is 91.4 Å². The normalized spacial score (nSPS) is 15.3. The Balaban J connectivity index is 2.29. The standard InChI is InChI=1S/C46H86NO7P/c1-4-6-8-10-12-14-16-18-20-22-24-26-28-30-32-36-45(48)51-42-44(43-53-55(3,50)52-41-40-47-38-34-35-39-47)54-46(49)37-33-31-29-27-25-23-21-19-17-15-13-11-9-7-5-2/h18-21,44H,4-17,22-43H2,1-3H3/b20-18-,21-19-. The third-order valence-electron chi connectivity index (χ3n) is 10.4. The predicted molar refractivity (Wildman–Crippen MR) is 231 cm³/mol. The summed E-state index contributed by atoms with van der Waals surface area (Å²) in [7, 11) is -3.36. The van der Waals surface area contributed by atoms with Gasteiger partial charge in [0.1, 0.15) is 6.61 Å². The Morgan fingerprint density at radius 2 is 0.982 bits per heavy atom. The molecule has 0 spiro atoms. The lowest BCUT2D eigenvalue weighted by Gasteiger charge is -2.22. The first-order chi connectivity index (χ1) is 26.9. The van der Waals surface area contributed by atoms with Crippen molar-refractivity contribution in [3.63, 3.8) is 0 Å². The highest BCUT2D eigenvalue weighted by Gasteiger charge is 2.24. The average Bonchev–Trinajstić information content (AvgIpc) is 3.69. The number of nitrogens with zero attached hydrogens (tertiary/aromatic N) is 1. The first-order valence-corrected chi connectivity index (χ1v) is 25.1. The van der Waals surface area contributed by atoms with E-state index in [2.05, 4.69) is 43.1 Å². The molecule has 1 fully saturated rings. The van der Waals surface area contributed by atoms with Crippen LogP contribution in [0.15, 0.2) is 24.3 Å². The van der Waals surface area contributed by atoms with Gasteiger partial charge in [0.25, 0.3) is 0 Å². The molecule has 2 unspecified atom stereocenters. The molecule has 0 amide bonds. The number of allylic oxidation sites excluding steroid dienone is 4. The van der Waals surface area contributed by atoms with Crippen LogP contribution in [-0.2, 0) is 32.7 Å². The number of carbonyl (C=O) groups is 2. The summed E-state index contributed by atoms with van der Waals surface area (Å²) in [5, 5.41) is 0. The van der Waals surface area contributed by atoms with Gasteiger partial charge in [-0.05, 0) is 90.1 Å². The Bertz CT molecular complexity index is 997. The zero-order valence-electron chi connectivity index (χ0n) is 36.1. The third-order valence-corrected chi connectivity index (χ3v) is 11.7. The molecule has 1 aliphatic rings. The fourth-order valence-corrected chi connectivity index (χ4v) is 7.82. The molecule has 0 aromatic rings. The summed E-state index contributed by atoms with van der Waals surface area (Å²) in [4.78, 5) is 27.6. The van der Waals surface area contributed by atoms with Crippen LogP contribution in [0.25, 0.3) is 0 Å². The van der Waals surface area contributed by atoms with Crippen LogP contribution in [0.1, 0.15) is 206 Å². The molecule has 0 saturated carbocycles. The Hall–Kier alpha value is -1.47. The van der Waals surface area contributed by atoms with Crippen molar-refractivity contribution in [2.75, 3.05) is 46.1 Å². The van der Waals surface area contributed by atoms with Gasteiger partial charge in [0, 0.05) is 26.1 Å². The highest BCUT2D eigenvalue weighted by Crippen LogP contribution is 2.43. The molecular formula is C46H86NO7P. The van der Waals surface area contributed by atoms with Crippen molar-refractivity contribution in [1.82, 2.24) is 4.90 Å². The molecule has 1 rings (SSSR count). The van der Waals surface area contributed by atoms with Gasteiger partial charge < -0.3 is 23.4 Å². The van der Waals surface area contributed by atoms with E-state index in [-0.39, 0.29) is 25.2 Å². The molecule has 1 saturated heterocycles. The summed E-state index contributed by atoms with van der Waals surface area (Å²) in [6.07, 6.45) is 42.6. The van der Waals surface area contributed by atoms with E-state index in [1.807, 2.05) is 0 Å². The second-order valence-electron chi connectivity index (χ2n) is 15.9. The highest BCUT2D eigenvalue weighted by atomic mass is 31.2. The fraction of sp³-hybridized carbons (Fsp3) is 0.870. The lowest BCUT2D eigenvalue weighted by Crippen LogP contribution is -2.29. The van der Waals surface area contributed by atoms with Gasteiger partial charge >= 0.3 is 19.5 Å². The van der Waals surface area contributed by atoms with E-state index in [0.29, 0.717) is 26.0 Å². The van der Waals surface area contributed by atoms with Crippen LogP contribution in [0.3, 0.4) is 0 Å². The lowest BCUT2D eigenvalue weighted by molar-refractivity contribution is -0.161. The predicted octanol–water partition coefficient (Wildman–Crippen LogP) is 13.5. The fourth-order valence-electron chi connectivity index (χ4n) is 6.90.